The molecule has 0 fully saturated rings. The van der Waals surface area contributed by atoms with Gasteiger partial charge in [-0.3, -0.25) is 4.79 Å². The van der Waals surface area contributed by atoms with Gasteiger partial charge in [-0.25, -0.2) is 4.98 Å². The summed E-state index contributed by atoms with van der Waals surface area (Å²) in [6, 6.07) is 3.41. The van der Waals surface area contributed by atoms with Crippen LogP contribution in [0.2, 0.25) is 0 Å². The van der Waals surface area contributed by atoms with E-state index in [1.807, 2.05) is 6.92 Å². The fraction of sp³-hybridized carbons (Fsp3) is 0.467. The molecule has 2 aromatic heterocycles. The maximum Gasteiger partial charge on any atom is 0.271 e. The van der Waals surface area contributed by atoms with Crippen molar-refractivity contribution in [3.63, 3.8) is 0 Å². The van der Waals surface area contributed by atoms with Gasteiger partial charge >= 0.3 is 0 Å². The van der Waals surface area contributed by atoms with Crippen LogP contribution < -0.4 is 10.6 Å². The van der Waals surface area contributed by atoms with E-state index in [1.165, 1.54) is 0 Å². The first kappa shape index (κ1) is 16.4. The summed E-state index contributed by atoms with van der Waals surface area (Å²) in [5.74, 6) is 0.370. The molecule has 2 heterocycles. The molecular formula is C15H21N5OS. The van der Waals surface area contributed by atoms with Gasteiger partial charge in [-0.15, -0.1) is 21.5 Å². The van der Waals surface area contributed by atoms with Gasteiger partial charge in [0.15, 0.2) is 5.69 Å². The Kier molecular flexibility index (Phi) is 4.75. The van der Waals surface area contributed by atoms with Crippen LogP contribution in [0, 0.1) is 0 Å². The summed E-state index contributed by atoms with van der Waals surface area (Å²) < 4.78 is 0. The summed E-state index contributed by atoms with van der Waals surface area (Å²) >= 11 is 1.63. The molecule has 0 saturated heterocycles. The summed E-state index contributed by atoms with van der Waals surface area (Å²) in [5.41, 5.74) is 1.43. The second kappa shape index (κ2) is 6.39. The summed E-state index contributed by atoms with van der Waals surface area (Å²) in [5, 5.41) is 16.8. The first-order valence-electron chi connectivity index (χ1n) is 7.09. The number of anilines is 1. The standard InChI is InChI=1S/C15H21N5OS/c1-9(14-18-11(8-22-14)15(2,3)4)17-12-7-6-10(19-20-12)13(21)16-5/h6-9H,1-5H3,(H,16,21)(H,17,20). The number of nitrogens with one attached hydrogen (secondary N) is 2. The van der Waals surface area contributed by atoms with Crippen molar-refractivity contribution in [2.24, 2.45) is 0 Å². The molecule has 1 amide bonds. The lowest BCUT2D eigenvalue weighted by atomic mass is 9.93. The molecule has 2 aromatic rings. The zero-order chi connectivity index (χ0) is 16.3. The predicted molar refractivity (Wildman–Crippen MR) is 88.3 cm³/mol. The Hall–Kier alpha value is -2.02. The smallest absolute Gasteiger partial charge is 0.271 e. The van der Waals surface area contributed by atoms with Crippen LogP contribution in [0.4, 0.5) is 5.82 Å². The van der Waals surface area contributed by atoms with E-state index in [0.717, 1.165) is 10.7 Å². The normalized spacial score (nSPS) is 12.8. The van der Waals surface area contributed by atoms with Crippen molar-refractivity contribution in [1.82, 2.24) is 20.5 Å². The molecule has 0 aliphatic rings. The quantitative estimate of drug-likeness (QED) is 0.906. The Balaban J connectivity index is 2.07. The maximum atomic E-state index is 11.4. The topological polar surface area (TPSA) is 79.8 Å². The highest BCUT2D eigenvalue weighted by atomic mass is 32.1. The Morgan fingerprint density at radius 1 is 1.27 bits per heavy atom. The molecule has 1 atom stereocenters. The molecule has 2 N–H and O–H groups in total. The third-order valence-corrected chi connectivity index (χ3v) is 4.18. The van der Waals surface area contributed by atoms with Gasteiger partial charge in [0.25, 0.3) is 5.91 Å². The average Bonchev–Trinajstić information content (AvgIpc) is 2.97. The van der Waals surface area contributed by atoms with Crippen LogP contribution in [0.25, 0.3) is 0 Å². The monoisotopic (exact) mass is 319 g/mol. The molecule has 118 valence electrons. The number of hydrogen-bond donors (Lipinski definition) is 2. The second-order valence-electron chi connectivity index (χ2n) is 6.07. The Labute approximate surface area is 134 Å². The highest BCUT2D eigenvalue weighted by Gasteiger charge is 2.19. The van der Waals surface area contributed by atoms with Crippen LogP contribution in [0.5, 0.6) is 0 Å². The highest BCUT2D eigenvalue weighted by molar-refractivity contribution is 7.09. The first-order valence-corrected chi connectivity index (χ1v) is 7.97. The number of carbonyl (C=O) groups is 1. The highest BCUT2D eigenvalue weighted by Crippen LogP contribution is 2.27. The molecule has 6 nitrogen and oxygen atoms in total. The molecule has 7 heteroatoms. The second-order valence-corrected chi connectivity index (χ2v) is 6.96. The molecule has 0 aliphatic heterocycles. The summed E-state index contributed by atoms with van der Waals surface area (Å²) in [4.78, 5) is 16.1. The minimum Gasteiger partial charge on any atom is -0.360 e. The van der Waals surface area contributed by atoms with E-state index < -0.39 is 0 Å². The van der Waals surface area contributed by atoms with Crippen molar-refractivity contribution in [3.05, 3.63) is 33.9 Å². The van der Waals surface area contributed by atoms with Gasteiger partial charge in [0, 0.05) is 17.8 Å². The van der Waals surface area contributed by atoms with Crippen LogP contribution in [-0.2, 0) is 5.41 Å². The molecule has 1 unspecified atom stereocenters. The third kappa shape index (κ3) is 3.79. The van der Waals surface area contributed by atoms with Crippen LogP contribution in [-0.4, -0.2) is 28.1 Å². The minimum atomic E-state index is -0.248. The van der Waals surface area contributed by atoms with E-state index in [1.54, 1.807) is 30.5 Å². The minimum absolute atomic E-state index is 0.0289. The average molecular weight is 319 g/mol. The third-order valence-electron chi connectivity index (χ3n) is 3.15. The van der Waals surface area contributed by atoms with Gasteiger partial charge in [-0.05, 0) is 19.1 Å². The van der Waals surface area contributed by atoms with Crippen molar-refractivity contribution in [2.75, 3.05) is 12.4 Å². The molecule has 0 aliphatic carbocycles. The van der Waals surface area contributed by atoms with Gasteiger partial charge in [0.1, 0.15) is 10.8 Å². The Morgan fingerprint density at radius 2 is 2.00 bits per heavy atom. The van der Waals surface area contributed by atoms with Crippen LogP contribution in [0.1, 0.15) is 54.9 Å². The van der Waals surface area contributed by atoms with Crippen molar-refractivity contribution >= 4 is 23.1 Å². The van der Waals surface area contributed by atoms with Crippen molar-refractivity contribution in [2.45, 2.75) is 39.2 Å². The number of amides is 1. The van der Waals surface area contributed by atoms with Crippen molar-refractivity contribution in [3.8, 4) is 0 Å². The number of thiazole rings is 1. The molecule has 0 bridgehead atoms. The van der Waals surface area contributed by atoms with Gasteiger partial charge in [-0.1, -0.05) is 20.8 Å². The zero-order valence-corrected chi connectivity index (χ0v) is 14.3. The predicted octanol–water partition coefficient (Wildman–Crippen LogP) is 2.76. The lowest BCUT2D eigenvalue weighted by Gasteiger charge is -2.15. The molecule has 0 aromatic carbocycles. The Bertz CT molecular complexity index is 645. The van der Waals surface area contributed by atoms with Gasteiger partial charge < -0.3 is 10.6 Å². The van der Waals surface area contributed by atoms with Gasteiger partial charge in [0.2, 0.25) is 0 Å². The first-order chi connectivity index (χ1) is 10.3. The molecular weight excluding hydrogens is 298 g/mol. The van der Waals surface area contributed by atoms with Crippen molar-refractivity contribution in [1.29, 1.82) is 0 Å². The largest absolute Gasteiger partial charge is 0.360 e. The van der Waals surface area contributed by atoms with E-state index in [0.29, 0.717) is 11.5 Å². The lowest BCUT2D eigenvalue weighted by Crippen LogP contribution is -2.20. The number of nitrogens with zero attached hydrogens (tertiary/aromatic N) is 3. The molecule has 22 heavy (non-hydrogen) atoms. The maximum absolute atomic E-state index is 11.4. The molecule has 0 radical (unpaired) electrons. The van der Waals surface area contributed by atoms with Crippen molar-refractivity contribution < 1.29 is 4.79 Å². The molecule has 2 rings (SSSR count). The SMILES string of the molecule is CNC(=O)c1ccc(NC(C)c2nc(C(C)(C)C)cs2)nn1. The van der Waals surface area contributed by atoms with Crippen LogP contribution in [0.3, 0.4) is 0 Å². The summed E-state index contributed by atoms with van der Waals surface area (Å²) in [7, 11) is 1.56. The zero-order valence-electron chi connectivity index (χ0n) is 13.5. The van der Waals surface area contributed by atoms with Crippen LogP contribution >= 0.6 is 11.3 Å². The van der Waals surface area contributed by atoms with Gasteiger partial charge in [-0.2, -0.15) is 0 Å². The number of rotatable bonds is 4. The van der Waals surface area contributed by atoms with E-state index >= 15 is 0 Å². The summed E-state index contributed by atoms with van der Waals surface area (Å²) in [6.45, 7) is 8.46. The summed E-state index contributed by atoms with van der Waals surface area (Å²) in [6.07, 6.45) is 0. The molecule has 0 spiro atoms. The van der Waals surface area contributed by atoms with E-state index in [9.17, 15) is 4.79 Å². The number of carbonyl (C=O) groups excluding carboxylic acids is 1. The van der Waals surface area contributed by atoms with E-state index in [2.05, 4.69) is 52.0 Å². The fourth-order valence-corrected chi connectivity index (χ4v) is 2.83. The fourth-order valence-electron chi connectivity index (χ4n) is 1.77. The van der Waals surface area contributed by atoms with E-state index in [4.69, 9.17) is 0 Å². The van der Waals surface area contributed by atoms with E-state index in [-0.39, 0.29) is 17.4 Å². The van der Waals surface area contributed by atoms with Gasteiger partial charge in [0.05, 0.1) is 11.7 Å². The van der Waals surface area contributed by atoms with Crippen LogP contribution in [0.15, 0.2) is 17.5 Å². The lowest BCUT2D eigenvalue weighted by molar-refractivity contribution is 0.0957. The number of hydrogen-bond acceptors (Lipinski definition) is 6. The Morgan fingerprint density at radius 3 is 2.50 bits per heavy atom. The number of aromatic nitrogens is 3. The molecule has 0 saturated carbocycles.